The summed E-state index contributed by atoms with van der Waals surface area (Å²) in [5.41, 5.74) is 2.06. The Morgan fingerprint density at radius 2 is 2.10 bits per heavy atom. The van der Waals surface area contributed by atoms with Crippen molar-refractivity contribution in [1.82, 2.24) is 14.9 Å². The maximum Gasteiger partial charge on any atom is 0.255 e. The van der Waals surface area contributed by atoms with Gasteiger partial charge in [0.1, 0.15) is 5.15 Å². The third-order valence-electron chi connectivity index (χ3n) is 2.74. The zero-order valence-electron chi connectivity index (χ0n) is 11.1. The van der Waals surface area contributed by atoms with Crippen LogP contribution in [0.3, 0.4) is 0 Å². The average Bonchev–Trinajstić information content (AvgIpc) is 2.40. The van der Waals surface area contributed by atoms with Crippen molar-refractivity contribution in [3.05, 3.63) is 57.6 Å². The molecule has 0 fully saturated rings. The second kappa shape index (κ2) is 6.20. The van der Waals surface area contributed by atoms with Crippen molar-refractivity contribution in [2.45, 2.75) is 13.5 Å². The molecule has 0 aromatic carbocycles. The molecule has 0 radical (unpaired) electrons. The van der Waals surface area contributed by atoms with Gasteiger partial charge in [0.15, 0.2) is 0 Å². The SMILES string of the molecule is Cc1cccc(CN(C)C(=O)c2cc(Cl)ncc2Cl)n1. The summed E-state index contributed by atoms with van der Waals surface area (Å²) in [6.07, 6.45) is 1.37. The Balaban J connectivity index is 2.18. The van der Waals surface area contributed by atoms with E-state index in [-0.39, 0.29) is 16.1 Å². The van der Waals surface area contributed by atoms with Gasteiger partial charge in [-0.1, -0.05) is 29.3 Å². The summed E-state index contributed by atoms with van der Waals surface area (Å²) in [7, 11) is 1.69. The van der Waals surface area contributed by atoms with E-state index in [1.807, 2.05) is 25.1 Å². The van der Waals surface area contributed by atoms with Crippen LogP contribution in [0, 0.1) is 6.92 Å². The van der Waals surface area contributed by atoms with E-state index in [0.29, 0.717) is 12.1 Å². The number of hydrogen-bond donors (Lipinski definition) is 0. The summed E-state index contributed by atoms with van der Waals surface area (Å²) in [4.78, 5) is 22.1. The molecule has 0 aliphatic rings. The lowest BCUT2D eigenvalue weighted by Crippen LogP contribution is -2.27. The largest absolute Gasteiger partial charge is 0.336 e. The highest BCUT2D eigenvalue weighted by Gasteiger charge is 2.16. The zero-order valence-corrected chi connectivity index (χ0v) is 12.6. The van der Waals surface area contributed by atoms with Gasteiger partial charge in [-0.3, -0.25) is 9.78 Å². The van der Waals surface area contributed by atoms with Gasteiger partial charge in [0.25, 0.3) is 5.91 Å². The fraction of sp³-hybridized carbons (Fsp3) is 0.214. The lowest BCUT2D eigenvalue weighted by atomic mass is 10.2. The number of aromatic nitrogens is 2. The fourth-order valence-electron chi connectivity index (χ4n) is 1.79. The first-order valence-corrected chi connectivity index (χ1v) is 6.72. The topological polar surface area (TPSA) is 46.1 Å². The monoisotopic (exact) mass is 309 g/mol. The number of pyridine rings is 2. The minimum Gasteiger partial charge on any atom is -0.336 e. The van der Waals surface area contributed by atoms with Crippen molar-refractivity contribution in [2.24, 2.45) is 0 Å². The van der Waals surface area contributed by atoms with E-state index >= 15 is 0 Å². The molecule has 0 bridgehead atoms. The van der Waals surface area contributed by atoms with Crippen molar-refractivity contribution < 1.29 is 4.79 Å². The van der Waals surface area contributed by atoms with Crippen LogP contribution >= 0.6 is 23.2 Å². The van der Waals surface area contributed by atoms with Gasteiger partial charge in [-0.25, -0.2) is 4.98 Å². The highest BCUT2D eigenvalue weighted by Crippen LogP contribution is 2.20. The molecule has 1 amide bonds. The van der Waals surface area contributed by atoms with E-state index in [1.165, 1.54) is 12.3 Å². The Hall–Kier alpha value is -1.65. The normalized spacial score (nSPS) is 10.4. The van der Waals surface area contributed by atoms with Crippen molar-refractivity contribution in [3.8, 4) is 0 Å². The number of carbonyl (C=O) groups is 1. The zero-order chi connectivity index (χ0) is 14.7. The van der Waals surface area contributed by atoms with E-state index in [0.717, 1.165) is 11.4 Å². The molecule has 2 aromatic heterocycles. The van der Waals surface area contributed by atoms with E-state index in [9.17, 15) is 4.79 Å². The molecule has 20 heavy (non-hydrogen) atoms. The maximum atomic E-state index is 12.3. The van der Waals surface area contributed by atoms with Crippen LogP contribution in [0.1, 0.15) is 21.7 Å². The molecule has 6 heteroatoms. The smallest absolute Gasteiger partial charge is 0.255 e. The fourth-order valence-corrected chi connectivity index (χ4v) is 2.13. The van der Waals surface area contributed by atoms with Crippen LogP contribution in [0.25, 0.3) is 0 Å². The molecule has 0 aliphatic carbocycles. The maximum absolute atomic E-state index is 12.3. The molecule has 4 nitrogen and oxygen atoms in total. The molecule has 0 unspecified atom stereocenters. The third-order valence-corrected chi connectivity index (χ3v) is 3.25. The van der Waals surface area contributed by atoms with Crippen molar-refractivity contribution in [3.63, 3.8) is 0 Å². The number of halogens is 2. The second-order valence-corrected chi connectivity index (χ2v) is 5.21. The van der Waals surface area contributed by atoms with Crippen molar-refractivity contribution in [2.75, 3.05) is 7.05 Å². The van der Waals surface area contributed by atoms with Crippen LogP contribution in [-0.2, 0) is 6.54 Å². The first-order valence-electron chi connectivity index (χ1n) is 5.96. The second-order valence-electron chi connectivity index (χ2n) is 4.42. The Morgan fingerprint density at radius 1 is 1.35 bits per heavy atom. The van der Waals surface area contributed by atoms with Gasteiger partial charge in [0.05, 0.1) is 22.8 Å². The first-order chi connectivity index (χ1) is 9.47. The van der Waals surface area contributed by atoms with Crippen LogP contribution in [0.15, 0.2) is 30.5 Å². The van der Waals surface area contributed by atoms with Gasteiger partial charge in [0, 0.05) is 18.9 Å². The summed E-state index contributed by atoms with van der Waals surface area (Å²) in [5, 5.41) is 0.517. The van der Waals surface area contributed by atoms with Crippen LogP contribution in [0.2, 0.25) is 10.2 Å². The molecule has 0 saturated carbocycles. The van der Waals surface area contributed by atoms with Crippen LogP contribution in [-0.4, -0.2) is 27.8 Å². The lowest BCUT2D eigenvalue weighted by molar-refractivity contribution is 0.0783. The van der Waals surface area contributed by atoms with Crippen molar-refractivity contribution >= 4 is 29.1 Å². The molecule has 2 aromatic rings. The molecular weight excluding hydrogens is 297 g/mol. The third kappa shape index (κ3) is 3.46. The summed E-state index contributed by atoms with van der Waals surface area (Å²) in [6, 6.07) is 7.15. The van der Waals surface area contributed by atoms with Gasteiger partial charge in [0.2, 0.25) is 0 Å². The number of carbonyl (C=O) groups excluding carboxylic acids is 1. The number of nitrogens with zero attached hydrogens (tertiary/aromatic N) is 3. The predicted octanol–water partition coefficient (Wildman–Crippen LogP) is 3.36. The highest BCUT2D eigenvalue weighted by molar-refractivity contribution is 6.35. The van der Waals surface area contributed by atoms with E-state index in [2.05, 4.69) is 9.97 Å². The quantitative estimate of drug-likeness (QED) is 0.817. The van der Waals surface area contributed by atoms with E-state index in [1.54, 1.807) is 11.9 Å². The molecule has 2 heterocycles. The number of amides is 1. The Labute approximate surface area is 127 Å². The average molecular weight is 310 g/mol. The Morgan fingerprint density at radius 3 is 2.80 bits per heavy atom. The van der Waals surface area contributed by atoms with Gasteiger partial charge in [-0.2, -0.15) is 0 Å². The van der Waals surface area contributed by atoms with E-state index in [4.69, 9.17) is 23.2 Å². The molecular formula is C14H13Cl2N3O. The minimum absolute atomic E-state index is 0.220. The first kappa shape index (κ1) is 14.8. The van der Waals surface area contributed by atoms with Crippen LogP contribution < -0.4 is 0 Å². The van der Waals surface area contributed by atoms with Crippen molar-refractivity contribution in [1.29, 1.82) is 0 Å². The standard InChI is InChI=1S/C14H13Cl2N3O/c1-9-4-3-5-10(18-9)8-19(2)14(20)11-6-13(16)17-7-12(11)15/h3-7H,8H2,1-2H3. The number of aryl methyl sites for hydroxylation is 1. The van der Waals surface area contributed by atoms with E-state index < -0.39 is 0 Å². The number of hydrogen-bond acceptors (Lipinski definition) is 3. The molecule has 104 valence electrons. The lowest BCUT2D eigenvalue weighted by Gasteiger charge is -2.17. The summed E-state index contributed by atoms with van der Waals surface area (Å²) < 4.78 is 0. The van der Waals surface area contributed by atoms with Crippen LogP contribution in [0.4, 0.5) is 0 Å². The summed E-state index contributed by atoms with van der Waals surface area (Å²) in [5.74, 6) is -0.220. The molecule has 0 aliphatic heterocycles. The summed E-state index contributed by atoms with van der Waals surface area (Å²) >= 11 is 11.8. The molecule has 0 spiro atoms. The molecule has 2 rings (SSSR count). The Bertz CT molecular complexity index is 646. The van der Waals surface area contributed by atoms with Gasteiger partial charge in [-0.15, -0.1) is 0 Å². The summed E-state index contributed by atoms with van der Waals surface area (Å²) in [6.45, 7) is 2.31. The molecule has 0 N–H and O–H groups in total. The minimum atomic E-state index is -0.220. The molecule has 0 saturated heterocycles. The number of rotatable bonds is 3. The highest BCUT2D eigenvalue weighted by atomic mass is 35.5. The Kier molecular flexibility index (Phi) is 4.57. The molecule has 0 atom stereocenters. The van der Waals surface area contributed by atoms with Crippen LogP contribution in [0.5, 0.6) is 0 Å². The van der Waals surface area contributed by atoms with Gasteiger partial charge in [-0.05, 0) is 25.1 Å². The van der Waals surface area contributed by atoms with Gasteiger partial charge >= 0.3 is 0 Å². The predicted molar refractivity (Wildman–Crippen MR) is 79.0 cm³/mol. The van der Waals surface area contributed by atoms with Gasteiger partial charge < -0.3 is 4.90 Å².